The number of amides is 1. The zero-order valence-corrected chi connectivity index (χ0v) is 16.3. The third kappa shape index (κ3) is 5.11. The molecular weight excluding hydrogens is 372 g/mol. The van der Waals surface area contributed by atoms with Crippen molar-refractivity contribution in [1.29, 1.82) is 0 Å². The lowest BCUT2D eigenvalue weighted by Gasteiger charge is -2.15. The van der Waals surface area contributed by atoms with E-state index in [9.17, 15) is 13.2 Å². The fourth-order valence-corrected chi connectivity index (χ4v) is 3.48. The highest BCUT2D eigenvalue weighted by Crippen LogP contribution is 2.29. The summed E-state index contributed by atoms with van der Waals surface area (Å²) in [7, 11) is 0.472. The van der Waals surface area contributed by atoms with Crippen LogP contribution in [0.25, 0.3) is 0 Å². The minimum atomic E-state index is -3.93. The summed E-state index contributed by atoms with van der Waals surface area (Å²) in [6.07, 6.45) is 0. The molecule has 0 bridgehead atoms. The molecule has 2 N–H and O–H groups in total. The summed E-state index contributed by atoms with van der Waals surface area (Å²) >= 11 is 0. The molecule has 0 radical (unpaired) electrons. The van der Waals surface area contributed by atoms with E-state index in [1.165, 1.54) is 39.3 Å². The van der Waals surface area contributed by atoms with E-state index in [4.69, 9.17) is 14.2 Å². The smallest absolute Gasteiger partial charge is 0.242 e. The molecule has 0 aliphatic heterocycles. The molecular formula is C18H22N2O6S. The highest BCUT2D eigenvalue weighted by Gasteiger charge is 2.23. The van der Waals surface area contributed by atoms with Crippen molar-refractivity contribution in [3.8, 4) is 17.2 Å². The Kier molecular flexibility index (Phi) is 6.65. The number of methoxy groups -OCH3 is 3. The third-order valence-corrected chi connectivity index (χ3v) is 5.29. The van der Waals surface area contributed by atoms with E-state index in [1.807, 2.05) is 0 Å². The number of anilines is 1. The van der Waals surface area contributed by atoms with E-state index in [2.05, 4.69) is 10.0 Å². The molecule has 0 fully saturated rings. The number of benzene rings is 2. The third-order valence-electron chi connectivity index (χ3n) is 3.75. The van der Waals surface area contributed by atoms with E-state index in [1.54, 1.807) is 31.4 Å². The average Bonchev–Trinajstić information content (AvgIpc) is 2.67. The maximum atomic E-state index is 12.5. The van der Waals surface area contributed by atoms with Crippen LogP contribution in [-0.2, 0) is 14.8 Å². The molecule has 2 aromatic rings. The second-order valence-electron chi connectivity index (χ2n) is 5.58. The summed E-state index contributed by atoms with van der Waals surface area (Å²) in [4.78, 5) is 12.2. The molecule has 27 heavy (non-hydrogen) atoms. The Morgan fingerprint density at radius 2 is 1.56 bits per heavy atom. The van der Waals surface area contributed by atoms with Crippen LogP contribution in [0.4, 0.5) is 5.69 Å². The molecule has 0 unspecified atom stereocenters. The van der Waals surface area contributed by atoms with E-state index in [0.29, 0.717) is 17.2 Å². The summed E-state index contributed by atoms with van der Waals surface area (Å²) in [5.74, 6) is 0.830. The van der Waals surface area contributed by atoms with Gasteiger partial charge in [0, 0.05) is 11.8 Å². The Balaban J connectivity index is 2.10. The maximum absolute atomic E-state index is 12.5. The molecule has 0 aliphatic carbocycles. The summed E-state index contributed by atoms with van der Waals surface area (Å²) in [6, 6.07) is 9.88. The predicted molar refractivity (Wildman–Crippen MR) is 101 cm³/mol. The summed E-state index contributed by atoms with van der Waals surface area (Å²) in [5.41, 5.74) is 0.526. The number of carbonyl (C=O) groups is 1. The van der Waals surface area contributed by atoms with Gasteiger partial charge < -0.3 is 19.5 Å². The van der Waals surface area contributed by atoms with E-state index >= 15 is 0 Å². The van der Waals surface area contributed by atoms with Gasteiger partial charge in [-0.2, -0.15) is 4.72 Å². The lowest BCUT2D eigenvalue weighted by atomic mass is 10.2. The molecule has 0 aliphatic rings. The lowest BCUT2D eigenvalue weighted by Crippen LogP contribution is -2.41. The van der Waals surface area contributed by atoms with E-state index in [0.717, 1.165) is 0 Å². The summed E-state index contributed by atoms with van der Waals surface area (Å²) in [6.45, 7) is 1.46. The van der Waals surface area contributed by atoms with Crippen LogP contribution in [0.3, 0.4) is 0 Å². The number of carbonyl (C=O) groups excluding carboxylic acids is 1. The molecule has 2 aromatic carbocycles. The molecule has 0 saturated heterocycles. The van der Waals surface area contributed by atoms with Gasteiger partial charge in [-0.05, 0) is 43.3 Å². The van der Waals surface area contributed by atoms with Crippen LogP contribution in [0.2, 0.25) is 0 Å². The second kappa shape index (κ2) is 8.74. The quantitative estimate of drug-likeness (QED) is 0.710. The molecule has 146 valence electrons. The van der Waals surface area contributed by atoms with Gasteiger partial charge in [-0.25, -0.2) is 8.42 Å². The van der Waals surface area contributed by atoms with Crippen LogP contribution in [0.1, 0.15) is 6.92 Å². The zero-order chi connectivity index (χ0) is 20.0. The summed E-state index contributed by atoms with van der Waals surface area (Å²) in [5, 5.41) is 2.64. The van der Waals surface area contributed by atoms with Gasteiger partial charge in [-0.1, -0.05) is 0 Å². The Labute approximate surface area is 158 Å². The first-order valence-electron chi connectivity index (χ1n) is 8.00. The minimum absolute atomic E-state index is 0.0377. The lowest BCUT2D eigenvalue weighted by molar-refractivity contribution is -0.117. The number of ether oxygens (including phenoxy) is 3. The Hall–Kier alpha value is -2.78. The van der Waals surface area contributed by atoms with Crippen LogP contribution in [0, 0.1) is 0 Å². The molecule has 0 saturated carbocycles. The molecule has 8 nitrogen and oxygen atoms in total. The first kappa shape index (κ1) is 20.5. The van der Waals surface area contributed by atoms with Gasteiger partial charge in [-0.15, -0.1) is 0 Å². The highest BCUT2D eigenvalue weighted by molar-refractivity contribution is 7.89. The number of nitrogens with one attached hydrogen (secondary N) is 2. The largest absolute Gasteiger partial charge is 0.497 e. The zero-order valence-electron chi connectivity index (χ0n) is 15.5. The van der Waals surface area contributed by atoms with Crippen molar-refractivity contribution in [2.45, 2.75) is 17.9 Å². The fourth-order valence-electron chi connectivity index (χ4n) is 2.26. The van der Waals surface area contributed by atoms with Crippen molar-refractivity contribution in [3.63, 3.8) is 0 Å². The van der Waals surface area contributed by atoms with Crippen molar-refractivity contribution in [2.75, 3.05) is 26.6 Å². The van der Waals surface area contributed by atoms with Gasteiger partial charge in [0.1, 0.15) is 5.75 Å². The normalized spacial score (nSPS) is 12.1. The Bertz CT molecular complexity index is 897. The van der Waals surface area contributed by atoms with Gasteiger partial charge in [0.25, 0.3) is 0 Å². The highest BCUT2D eigenvalue weighted by atomic mass is 32.2. The monoisotopic (exact) mass is 394 g/mol. The minimum Gasteiger partial charge on any atom is -0.497 e. The molecule has 0 spiro atoms. The first-order chi connectivity index (χ1) is 12.8. The van der Waals surface area contributed by atoms with Gasteiger partial charge in [0.15, 0.2) is 11.5 Å². The molecule has 1 amide bonds. The molecule has 1 atom stereocenters. The number of sulfonamides is 1. The van der Waals surface area contributed by atoms with Crippen molar-refractivity contribution in [3.05, 3.63) is 42.5 Å². The second-order valence-corrected chi connectivity index (χ2v) is 7.29. The number of rotatable bonds is 8. The molecule has 2 rings (SSSR count). The van der Waals surface area contributed by atoms with Crippen molar-refractivity contribution in [1.82, 2.24) is 4.72 Å². The van der Waals surface area contributed by atoms with Gasteiger partial charge in [-0.3, -0.25) is 4.79 Å². The first-order valence-corrected chi connectivity index (χ1v) is 9.48. The van der Waals surface area contributed by atoms with E-state index < -0.39 is 22.0 Å². The number of hydrogen-bond acceptors (Lipinski definition) is 6. The van der Waals surface area contributed by atoms with Crippen LogP contribution < -0.4 is 24.2 Å². The van der Waals surface area contributed by atoms with Gasteiger partial charge >= 0.3 is 0 Å². The topological polar surface area (TPSA) is 103 Å². The Morgan fingerprint density at radius 3 is 2.11 bits per heavy atom. The molecule has 0 heterocycles. The van der Waals surface area contributed by atoms with Crippen LogP contribution in [0.5, 0.6) is 17.2 Å². The average molecular weight is 394 g/mol. The maximum Gasteiger partial charge on any atom is 0.242 e. The van der Waals surface area contributed by atoms with Crippen molar-refractivity contribution in [2.24, 2.45) is 0 Å². The van der Waals surface area contributed by atoms with Crippen molar-refractivity contribution < 1.29 is 27.4 Å². The Morgan fingerprint density at radius 1 is 0.926 bits per heavy atom. The van der Waals surface area contributed by atoms with Crippen LogP contribution in [-0.4, -0.2) is 41.7 Å². The summed E-state index contributed by atoms with van der Waals surface area (Å²) < 4.78 is 42.7. The molecule has 0 aromatic heterocycles. The standard InChI is InChI=1S/C18H22N2O6S/c1-12(18(21)19-13-5-7-14(24-2)8-6-13)20-27(22,23)15-9-10-16(25-3)17(11-15)26-4/h5-12,20H,1-4H3,(H,19,21)/t12-/m0/s1. The molecule has 9 heteroatoms. The van der Waals surface area contributed by atoms with Gasteiger partial charge in [0.2, 0.25) is 15.9 Å². The van der Waals surface area contributed by atoms with Crippen LogP contribution >= 0.6 is 0 Å². The van der Waals surface area contributed by atoms with E-state index in [-0.39, 0.29) is 10.6 Å². The SMILES string of the molecule is COc1ccc(NC(=O)[C@H](C)NS(=O)(=O)c2ccc(OC)c(OC)c2)cc1. The predicted octanol–water partition coefficient (Wildman–Crippen LogP) is 2.02. The number of hydrogen-bond donors (Lipinski definition) is 2. The van der Waals surface area contributed by atoms with Gasteiger partial charge in [0.05, 0.1) is 32.3 Å². The van der Waals surface area contributed by atoms with Crippen molar-refractivity contribution >= 4 is 21.6 Å². The van der Waals surface area contributed by atoms with Crippen LogP contribution in [0.15, 0.2) is 47.4 Å². The fraction of sp³-hybridized carbons (Fsp3) is 0.278.